The van der Waals surface area contributed by atoms with Crippen LogP contribution < -0.4 is 0 Å². The second kappa shape index (κ2) is 7.58. The van der Waals surface area contributed by atoms with Crippen molar-refractivity contribution in [3.05, 3.63) is 41.0 Å². The zero-order valence-electron chi connectivity index (χ0n) is 14.6. The number of thioether (sulfide) groups is 1. The van der Waals surface area contributed by atoms with Crippen molar-refractivity contribution in [2.24, 2.45) is 0 Å². The first-order valence-corrected chi connectivity index (χ1v) is 9.44. The maximum Gasteiger partial charge on any atom is 0.239 e. The fourth-order valence-corrected chi connectivity index (χ4v) is 3.49. The third-order valence-electron chi connectivity index (χ3n) is 3.72. The van der Waals surface area contributed by atoms with Gasteiger partial charge in [-0.25, -0.2) is 0 Å². The molecule has 0 aliphatic heterocycles. The Morgan fingerprint density at radius 2 is 2.04 bits per heavy atom. The molecule has 2 heterocycles. The average Bonchev–Trinajstić information content (AvgIpc) is 3.21. The van der Waals surface area contributed by atoms with Crippen LogP contribution in [0.1, 0.15) is 50.6 Å². The van der Waals surface area contributed by atoms with Crippen LogP contribution >= 0.6 is 23.4 Å². The van der Waals surface area contributed by atoms with Crippen molar-refractivity contribution in [1.82, 2.24) is 24.9 Å². The van der Waals surface area contributed by atoms with Gasteiger partial charge in [0.1, 0.15) is 0 Å². The Labute approximate surface area is 156 Å². The second-order valence-corrected chi connectivity index (χ2v) is 7.71. The Hall–Kier alpha value is -1.86. The van der Waals surface area contributed by atoms with Gasteiger partial charge >= 0.3 is 0 Å². The van der Waals surface area contributed by atoms with Crippen LogP contribution in [0.2, 0.25) is 5.02 Å². The Bertz CT molecular complexity index is 860. The Morgan fingerprint density at radius 3 is 2.68 bits per heavy atom. The number of rotatable bonds is 6. The predicted molar refractivity (Wildman–Crippen MR) is 98.8 cm³/mol. The molecule has 1 aromatic carbocycles. The zero-order chi connectivity index (χ0) is 18.0. The molecular weight excluding hydrogens is 358 g/mol. The largest absolute Gasteiger partial charge is 0.338 e. The SMILES string of the molecule is CCn1c(S[C@@H](C)c2nc(C(C)C)no2)nnc1-c1cccc(Cl)c1. The maximum absolute atomic E-state index is 6.10. The van der Waals surface area contributed by atoms with Crippen LogP contribution in [0.15, 0.2) is 33.9 Å². The van der Waals surface area contributed by atoms with Gasteiger partial charge in [-0.3, -0.25) is 0 Å². The van der Waals surface area contributed by atoms with Crippen LogP contribution in [-0.2, 0) is 6.54 Å². The molecule has 3 aromatic rings. The lowest BCUT2D eigenvalue weighted by Gasteiger charge is -2.09. The van der Waals surface area contributed by atoms with Crippen molar-refractivity contribution in [3.8, 4) is 11.4 Å². The van der Waals surface area contributed by atoms with E-state index in [4.69, 9.17) is 16.1 Å². The molecule has 0 unspecified atom stereocenters. The number of benzene rings is 1. The molecule has 6 nitrogen and oxygen atoms in total. The van der Waals surface area contributed by atoms with Crippen LogP contribution in [0, 0.1) is 0 Å². The van der Waals surface area contributed by atoms with Gasteiger partial charge in [0, 0.05) is 23.0 Å². The molecule has 0 saturated heterocycles. The average molecular weight is 378 g/mol. The van der Waals surface area contributed by atoms with Gasteiger partial charge in [0.15, 0.2) is 16.8 Å². The number of aromatic nitrogens is 5. The summed E-state index contributed by atoms with van der Waals surface area (Å²) in [7, 11) is 0. The first kappa shape index (κ1) is 17.9. The summed E-state index contributed by atoms with van der Waals surface area (Å²) in [5, 5.41) is 14.2. The smallest absolute Gasteiger partial charge is 0.239 e. The molecule has 0 fully saturated rings. The third kappa shape index (κ3) is 3.88. The van der Waals surface area contributed by atoms with Crippen molar-refractivity contribution >= 4 is 23.4 Å². The normalized spacial score (nSPS) is 12.7. The standard InChI is InChI=1S/C17H20ClN5OS/c1-5-23-15(12-7-6-8-13(18)9-12)20-21-17(23)25-11(4)16-19-14(10(2)3)22-24-16/h6-11H,5H2,1-4H3/t11-/m0/s1. The molecular formula is C17H20ClN5OS. The van der Waals surface area contributed by atoms with E-state index < -0.39 is 0 Å². The van der Waals surface area contributed by atoms with Crippen molar-refractivity contribution < 1.29 is 4.52 Å². The van der Waals surface area contributed by atoms with Gasteiger partial charge in [0.2, 0.25) is 5.89 Å². The van der Waals surface area contributed by atoms with Crippen LogP contribution in [-0.4, -0.2) is 24.9 Å². The number of hydrogen-bond acceptors (Lipinski definition) is 6. The molecule has 0 bridgehead atoms. The molecule has 0 aliphatic carbocycles. The van der Waals surface area contributed by atoms with Gasteiger partial charge in [-0.15, -0.1) is 10.2 Å². The summed E-state index contributed by atoms with van der Waals surface area (Å²) in [6, 6.07) is 7.63. The van der Waals surface area contributed by atoms with Gasteiger partial charge in [-0.1, -0.05) is 54.5 Å². The van der Waals surface area contributed by atoms with Crippen molar-refractivity contribution in [3.63, 3.8) is 0 Å². The summed E-state index contributed by atoms with van der Waals surface area (Å²) >= 11 is 7.65. The lowest BCUT2D eigenvalue weighted by Crippen LogP contribution is -2.01. The van der Waals surface area contributed by atoms with Crippen molar-refractivity contribution in [2.75, 3.05) is 0 Å². The molecule has 3 rings (SSSR count). The topological polar surface area (TPSA) is 69.6 Å². The summed E-state index contributed by atoms with van der Waals surface area (Å²) in [6.45, 7) is 8.92. The van der Waals surface area contributed by atoms with E-state index in [-0.39, 0.29) is 11.2 Å². The zero-order valence-corrected chi connectivity index (χ0v) is 16.2. The van der Waals surface area contributed by atoms with Crippen LogP contribution in [0.4, 0.5) is 0 Å². The molecule has 0 spiro atoms. The summed E-state index contributed by atoms with van der Waals surface area (Å²) in [4.78, 5) is 4.46. The van der Waals surface area contributed by atoms with E-state index in [0.29, 0.717) is 10.9 Å². The molecule has 1 atom stereocenters. The molecule has 0 radical (unpaired) electrons. The van der Waals surface area contributed by atoms with Crippen molar-refractivity contribution in [1.29, 1.82) is 0 Å². The summed E-state index contributed by atoms with van der Waals surface area (Å²) in [5.74, 6) is 2.36. The van der Waals surface area contributed by atoms with Gasteiger partial charge < -0.3 is 9.09 Å². The highest BCUT2D eigenvalue weighted by Gasteiger charge is 2.21. The maximum atomic E-state index is 6.10. The third-order valence-corrected chi connectivity index (χ3v) is 5.02. The highest BCUT2D eigenvalue weighted by atomic mass is 35.5. The van der Waals surface area contributed by atoms with E-state index in [1.165, 1.54) is 0 Å². The highest BCUT2D eigenvalue weighted by molar-refractivity contribution is 7.99. The minimum absolute atomic E-state index is 0.0123. The minimum Gasteiger partial charge on any atom is -0.338 e. The number of halogens is 1. The van der Waals surface area contributed by atoms with E-state index in [1.807, 2.05) is 45.0 Å². The van der Waals surface area contributed by atoms with Crippen LogP contribution in [0.5, 0.6) is 0 Å². The summed E-state index contributed by atoms with van der Waals surface area (Å²) < 4.78 is 7.45. The molecule has 0 amide bonds. The lowest BCUT2D eigenvalue weighted by molar-refractivity contribution is 0.373. The van der Waals surface area contributed by atoms with Crippen LogP contribution in [0.25, 0.3) is 11.4 Å². The Morgan fingerprint density at radius 1 is 1.24 bits per heavy atom. The summed E-state index contributed by atoms with van der Waals surface area (Å²) in [6.07, 6.45) is 0. The molecule has 25 heavy (non-hydrogen) atoms. The minimum atomic E-state index is -0.0123. The van der Waals surface area contributed by atoms with E-state index in [2.05, 4.69) is 31.8 Å². The predicted octanol–water partition coefficient (Wildman–Crippen LogP) is 4.98. The fraction of sp³-hybridized carbons (Fsp3) is 0.412. The summed E-state index contributed by atoms with van der Waals surface area (Å²) in [5.41, 5.74) is 0.946. The van der Waals surface area contributed by atoms with Gasteiger partial charge in [0.05, 0.1) is 5.25 Å². The van der Waals surface area contributed by atoms with E-state index in [9.17, 15) is 0 Å². The second-order valence-electron chi connectivity index (χ2n) is 5.97. The van der Waals surface area contributed by atoms with Gasteiger partial charge in [-0.05, 0) is 26.0 Å². The lowest BCUT2D eigenvalue weighted by atomic mass is 10.2. The Kier molecular flexibility index (Phi) is 5.44. The first-order valence-electron chi connectivity index (χ1n) is 8.18. The molecule has 0 aliphatic rings. The monoisotopic (exact) mass is 377 g/mol. The molecule has 8 heteroatoms. The van der Waals surface area contributed by atoms with Crippen molar-refractivity contribution in [2.45, 2.75) is 50.6 Å². The number of nitrogens with zero attached hydrogens (tertiary/aromatic N) is 5. The molecule has 0 N–H and O–H groups in total. The molecule has 0 saturated carbocycles. The molecule has 2 aromatic heterocycles. The Balaban J connectivity index is 1.85. The van der Waals surface area contributed by atoms with E-state index in [0.717, 1.165) is 28.9 Å². The molecule has 132 valence electrons. The number of hydrogen-bond donors (Lipinski definition) is 0. The highest BCUT2D eigenvalue weighted by Crippen LogP contribution is 2.35. The quantitative estimate of drug-likeness (QED) is 0.564. The van der Waals surface area contributed by atoms with Crippen LogP contribution in [0.3, 0.4) is 0 Å². The first-order chi connectivity index (χ1) is 12.0. The van der Waals surface area contributed by atoms with E-state index >= 15 is 0 Å². The fourth-order valence-electron chi connectivity index (χ4n) is 2.36. The van der Waals surface area contributed by atoms with Gasteiger partial charge in [-0.2, -0.15) is 4.98 Å². The van der Waals surface area contributed by atoms with E-state index in [1.54, 1.807) is 11.8 Å². The van der Waals surface area contributed by atoms with Gasteiger partial charge in [0.25, 0.3) is 0 Å².